The molecule has 0 aliphatic heterocycles. The molecular formula is C26H55NO2. The smallest absolute Gasteiger partial charge is 0.0667 e. The zero-order valence-electron chi connectivity index (χ0n) is 20.3. The van der Waals surface area contributed by atoms with Gasteiger partial charge < -0.3 is 10.2 Å². The Hall–Kier alpha value is -0.120. The summed E-state index contributed by atoms with van der Waals surface area (Å²) in [5.74, 6) is 0. The van der Waals surface area contributed by atoms with Crippen LogP contribution in [0.4, 0.5) is 0 Å². The number of hydrogen-bond donors (Lipinski definition) is 2. The fourth-order valence-electron chi connectivity index (χ4n) is 4.09. The maximum Gasteiger partial charge on any atom is 0.0667 e. The molecule has 0 bridgehead atoms. The predicted molar refractivity (Wildman–Crippen MR) is 129 cm³/mol. The van der Waals surface area contributed by atoms with Gasteiger partial charge in [0.1, 0.15) is 0 Å². The van der Waals surface area contributed by atoms with Gasteiger partial charge in [0.05, 0.1) is 12.2 Å². The predicted octanol–water partition coefficient (Wildman–Crippen LogP) is 7.09. The van der Waals surface area contributed by atoms with E-state index in [-0.39, 0.29) is 12.2 Å². The molecule has 0 aromatic rings. The van der Waals surface area contributed by atoms with Gasteiger partial charge in [0.15, 0.2) is 0 Å². The van der Waals surface area contributed by atoms with Gasteiger partial charge in [-0.1, -0.05) is 117 Å². The van der Waals surface area contributed by atoms with E-state index in [9.17, 15) is 10.2 Å². The molecule has 0 heterocycles. The first-order valence-electron chi connectivity index (χ1n) is 13.2. The first-order valence-corrected chi connectivity index (χ1v) is 13.2. The average Bonchev–Trinajstić information content (AvgIpc) is 2.71. The Labute approximate surface area is 183 Å². The Bertz CT molecular complexity index is 295. The van der Waals surface area contributed by atoms with Gasteiger partial charge in [-0.2, -0.15) is 0 Å². The summed E-state index contributed by atoms with van der Waals surface area (Å²) in [5, 5.41) is 20.6. The van der Waals surface area contributed by atoms with Crippen molar-refractivity contribution in [2.24, 2.45) is 0 Å². The maximum atomic E-state index is 10.3. The lowest BCUT2D eigenvalue weighted by Crippen LogP contribution is -2.38. The van der Waals surface area contributed by atoms with E-state index in [1.165, 1.54) is 77.0 Å². The van der Waals surface area contributed by atoms with Crippen LogP contribution < -0.4 is 0 Å². The summed E-state index contributed by atoms with van der Waals surface area (Å²) in [6.45, 7) is 9.09. The number of nitrogens with zero attached hydrogens (tertiary/aromatic N) is 1. The first-order chi connectivity index (χ1) is 14.1. The molecule has 0 fully saturated rings. The molecule has 0 saturated heterocycles. The van der Waals surface area contributed by atoms with Crippen molar-refractivity contribution < 1.29 is 10.2 Å². The summed E-state index contributed by atoms with van der Waals surface area (Å²) in [4.78, 5) is 2.32. The molecule has 0 radical (unpaired) electrons. The molecule has 2 N–H and O–H groups in total. The minimum Gasteiger partial charge on any atom is -0.392 e. The Morgan fingerprint density at radius 3 is 1.21 bits per heavy atom. The Morgan fingerprint density at radius 2 is 0.828 bits per heavy atom. The van der Waals surface area contributed by atoms with Gasteiger partial charge >= 0.3 is 0 Å². The minimum atomic E-state index is -0.245. The Morgan fingerprint density at radius 1 is 0.483 bits per heavy atom. The molecule has 0 amide bonds. The van der Waals surface area contributed by atoms with Gasteiger partial charge in [0.25, 0.3) is 0 Å². The SMILES string of the molecule is CCCCCCCCCCCCCCN(CC(O)CCCC)CC(O)CCCC. The summed E-state index contributed by atoms with van der Waals surface area (Å²) in [7, 11) is 0. The van der Waals surface area contributed by atoms with Crippen LogP contribution in [0.3, 0.4) is 0 Å². The number of aliphatic hydroxyl groups excluding tert-OH is 2. The molecule has 0 aromatic heterocycles. The minimum absolute atomic E-state index is 0.245. The van der Waals surface area contributed by atoms with E-state index in [1.54, 1.807) is 0 Å². The zero-order chi connectivity index (χ0) is 21.6. The Balaban J connectivity index is 3.85. The van der Waals surface area contributed by atoms with Gasteiger partial charge in [0.2, 0.25) is 0 Å². The summed E-state index contributed by atoms with van der Waals surface area (Å²) in [6, 6.07) is 0. The van der Waals surface area contributed by atoms with Crippen molar-refractivity contribution in [3.8, 4) is 0 Å². The quantitative estimate of drug-likeness (QED) is 0.176. The average molecular weight is 414 g/mol. The Kier molecular flexibility index (Phi) is 22.5. The van der Waals surface area contributed by atoms with E-state index >= 15 is 0 Å². The highest BCUT2D eigenvalue weighted by Gasteiger charge is 2.15. The van der Waals surface area contributed by atoms with Crippen molar-refractivity contribution in [1.82, 2.24) is 4.90 Å². The largest absolute Gasteiger partial charge is 0.392 e. The van der Waals surface area contributed by atoms with Gasteiger partial charge in [-0.25, -0.2) is 0 Å². The molecule has 0 rings (SSSR count). The van der Waals surface area contributed by atoms with E-state index in [0.29, 0.717) is 0 Å². The highest BCUT2D eigenvalue weighted by Crippen LogP contribution is 2.13. The number of unbranched alkanes of at least 4 members (excludes halogenated alkanes) is 13. The van der Waals surface area contributed by atoms with Gasteiger partial charge in [-0.3, -0.25) is 4.90 Å². The van der Waals surface area contributed by atoms with E-state index < -0.39 is 0 Å². The molecule has 29 heavy (non-hydrogen) atoms. The van der Waals surface area contributed by atoms with Gasteiger partial charge in [0, 0.05) is 13.1 Å². The molecule has 0 aromatic carbocycles. The van der Waals surface area contributed by atoms with Crippen molar-refractivity contribution in [3.05, 3.63) is 0 Å². The second-order valence-corrected chi connectivity index (χ2v) is 9.24. The zero-order valence-corrected chi connectivity index (χ0v) is 20.3. The lowest BCUT2D eigenvalue weighted by Gasteiger charge is -2.27. The van der Waals surface area contributed by atoms with Crippen LogP contribution in [-0.2, 0) is 0 Å². The van der Waals surface area contributed by atoms with Crippen LogP contribution in [0, 0.1) is 0 Å². The van der Waals surface area contributed by atoms with Crippen LogP contribution >= 0.6 is 0 Å². The summed E-state index contributed by atoms with van der Waals surface area (Å²) >= 11 is 0. The molecule has 0 spiro atoms. The number of hydrogen-bond acceptors (Lipinski definition) is 3. The monoisotopic (exact) mass is 413 g/mol. The number of aliphatic hydroxyl groups is 2. The standard InChI is InChI=1S/C26H55NO2/c1-4-7-10-11-12-13-14-15-16-17-18-19-22-27(23-25(28)20-8-5-2)24-26(29)21-9-6-3/h25-26,28-29H,4-24H2,1-3H3. The molecule has 3 nitrogen and oxygen atoms in total. The van der Waals surface area contributed by atoms with Crippen molar-refractivity contribution >= 4 is 0 Å². The maximum absolute atomic E-state index is 10.3. The fourth-order valence-corrected chi connectivity index (χ4v) is 4.09. The van der Waals surface area contributed by atoms with Crippen molar-refractivity contribution in [2.45, 2.75) is 149 Å². The summed E-state index contributed by atoms with van der Waals surface area (Å²) in [6.07, 6.45) is 22.1. The molecule has 3 heteroatoms. The molecule has 176 valence electrons. The second kappa shape index (κ2) is 22.6. The lowest BCUT2D eigenvalue weighted by atomic mass is 10.0. The van der Waals surface area contributed by atoms with Crippen LogP contribution in [0.25, 0.3) is 0 Å². The molecule has 0 aliphatic rings. The van der Waals surface area contributed by atoms with Gasteiger partial charge in [-0.15, -0.1) is 0 Å². The summed E-state index contributed by atoms with van der Waals surface area (Å²) < 4.78 is 0. The third-order valence-corrected chi connectivity index (χ3v) is 6.05. The lowest BCUT2D eigenvalue weighted by molar-refractivity contribution is 0.0600. The van der Waals surface area contributed by atoms with Crippen molar-refractivity contribution in [1.29, 1.82) is 0 Å². The van der Waals surface area contributed by atoms with Crippen molar-refractivity contribution in [2.75, 3.05) is 19.6 Å². The highest BCUT2D eigenvalue weighted by molar-refractivity contribution is 4.69. The fraction of sp³-hybridized carbons (Fsp3) is 1.00. The molecule has 0 aliphatic carbocycles. The molecule has 2 atom stereocenters. The normalized spacial score (nSPS) is 13.9. The first kappa shape index (κ1) is 28.9. The molecule has 0 saturated carbocycles. The second-order valence-electron chi connectivity index (χ2n) is 9.24. The van der Waals surface area contributed by atoms with Crippen LogP contribution in [0.1, 0.15) is 136 Å². The van der Waals surface area contributed by atoms with E-state index in [2.05, 4.69) is 25.7 Å². The van der Waals surface area contributed by atoms with E-state index in [0.717, 1.165) is 58.2 Å². The van der Waals surface area contributed by atoms with Crippen LogP contribution in [0.2, 0.25) is 0 Å². The van der Waals surface area contributed by atoms with E-state index in [1.807, 2.05) is 0 Å². The van der Waals surface area contributed by atoms with Crippen LogP contribution in [-0.4, -0.2) is 47.0 Å². The topological polar surface area (TPSA) is 43.7 Å². The summed E-state index contributed by atoms with van der Waals surface area (Å²) in [5.41, 5.74) is 0. The number of rotatable bonds is 23. The van der Waals surface area contributed by atoms with Crippen LogP contribution in [0.5, 0.6) is 0 Å². The highest BCUT2D eigenvalue weighted by atomic mass is 16.3. The van der Waals surface area contributed by atoms with Crippen LogP contribution in [0.15, 0.2) is 0 Å². The third kappa shape index (κ3) is 20.9. The third-order valence-electron chi connectivity index (χ3n) is 6.05. The van der Waals surface area contributed by atoms with E-state index in [4.69, 9.17) is 0 Å². The van der Waals surface area contributed by atoms with Crippen molar-refractivity contribution in [3.63, 3.8) is 0 Å². The molecule has 2 unspecified atom stereocenters. The molecular weight excluding hydrogens is 358 g/mol. The van der Waals surface area contributed by atoms with Gasteiger partial charge in [-0.05, 0) is 25.8 Å².